The first kappa shape index (κ1) is 23.8. The van der Waals surface area contributed by atoms with Crippen molar-refractivity contribution >= 4 is 80.1 Å². The first-order valence-electron chi connectivity index (χ1n) is 10.7. The first-order chi connectivity index (χ1) is 17.2. The summed E-state index contributed by atoms with van der Waals surface area (Å²) in [6.45, 7) is 0. The Bertz CT molecular complexity index is 1460. The minimum Gasteiger partial charge on any atom is -0.272 e. The molecule has 0 saturated carbocycles. The number of thioether (sulfide) groups is 2. The van der Waals surface area contributed by atoms with E-state index < -0.39 is 0 Å². The van der Waals surface area contributed by atoms with E-state index in [1.165, 1.54) is 28.7 Å². The van der Waals surface area contributed by atoms with E-state index in [0.29, 0.717) is 0 Å². The topological polar surface area (TPSA) is 67.2 Å². The van der Waals surface area contributed by atoms with Gasteiger partial charge < -0.3 is 0 Å². The average Bonchev–Trinajstić information content (AvgIpc) is 3.34. The van der Waals surface area contributed by atoms with Crippen molar-refractivity contribution in [1.29, 1.82) is 0 Å². The molecule has 0 saturated heterocycles. The lowest BCUT2D eigenvalue weighted by molar-refractivity contribution is -0.118. The molecule has 1 N–H and O–H groups in total. The Hall–Kier alpha value is -2.91. The number of nitrogens with one attached hydrogen (secondary N) is 1. The highest BCUT2D eigenvalue weighted by atomic mass is 35.5. The van der Waals surface area contributed by atoms with Crippen LogP contribution in [0.3, 0.4) is 0 Å². The van der Waals surface area contributed by atoms with Crippen LogP contribution in [0.25, 0.3) is 21.5 Å². The van der Waals surface area contributed by atoms with Crippen LogP contribution in [0.5, 0.6) is 0 Å². The highest BCUT2D eigenvalue weighted by Crippen LogP contribution is 2.31. The quantitative estimate of drug-likeness (QED) is 0.100. The fraction of sp³-hybridized carbons (Fsp3) is 0.0769. The smallest absolute Gasteiger partial charge is 0.250 e. The zero-order valence-electron chi connectivity index (χ0n) is 18.3. The van der Waals surface area contributed by atoms with Gasteiger partial charge in [-0.3, -0.25) is 4.79 Å². The molecule has 0 aliphatic heterocycles. The molecular formula is C26H19ClN4OS3. The van der Waals surface area contributed by atoms with E-state index >= 15 is 0 Å². The molecule has 9 heteroatoms. The molecule has 5 rings (SSSR count). The van der Waals surface area contributed by atoms with E-state index in [-0.39, 0.29) is 11.7 Å². The lowest BCUT2D eigenvalue weighted by atomic mass is 9.97. The molecule has 0 bridgehead atoms. The molecule has 1 aromatic heterocycles. The van der Waals surface area contributed by atoms with E-state index in [1.807, 2.05) is 48.5 Å². The fourth-order valence-corrected chi connectivity index (χ4v) is 6.45. The van der Waals surface area contributed by atoms with Gasteiger partial charge in [-0.15, -0.1) is 10.2 Å². The summed E-state index contributed by atoms with van der Waals surface area (Å²) >= 11 is 10.4. The molecule has 35 heavy (non-hydrogen) atoms. The van der Waals surface area contributed by atoms with Gasteiger partial charge in [0.1, 0.15) is 0 Å². The summed E-state index contributed by atoms with van der Waals surface area (Å²) in [6.07, 6.45) is 1.73. The Morgan fingerprint density at radius 2 is 1.54 bits per heavy atom. The van der Waals surface area contributed by atoms with Crippen molar-refractivity contribution in [2.24, 2.45) is 5.10 Å². The van der Waals surface area contributed by atoms with Crippen molar-refractivity contribution in [3.8, 4) is 0 Å². The Kier molecular flexibility index (Phi) is 7.63. The second-order valence-corrected chi connectivity index (χ2v) is 11.4. The summed E-state index contributed by atoms with van der Waals surface area (Å²) in [5.41, 5.74) is 4.79. The van der Waals surface area contributed by atoms with Crippen molar-refractivity contribution in [1.82, 2.24) is 15.6 Å². The number of carbonyl (C=O) groups excluding carboxylic acids is 1. The maximum Gasteiger partial charge on any atom is 0.250 e. The maximum absolute atomic E-state index is 12.4. The van der Waals surface area contributed by atoms with E-state index in [4.69, 9.17) is 11.6 Å². The molecule has 1 amide bonds. The summed E-state index contributed by atoms with van der Waals surface area (Å²) in [6, 6.07) is 26.3. The number of benzene rings is 4. The molecule has 5 aromatic rings. The summed E-state index contributed by atoms with van der Waals surface area (Å²) in [7, 11) is 0. The van der Waals surface area contributed by atoms with Gasteiger partial charge in [0.15, 0.2) is 8.68 Å². The van der Waals surface area contributed by atoms with E-state index in [2.05, 4.69) is 51.1 Å². The zero-order chi connectivity index (χ0) is 24.0. The summed E-state index contributed by atoms with van der Waals surface area (Å²) < 4.78 is 1.62. The Labute approximate surface area is 220 Å². The van der Waals surface area contributed by atoms with Crippen LogP contribution in [-0.2, 0) is 10.5 Å². The van der Waals surface area contributed by atoms with Crippen molar-refractivity contribution in [2.45, 2.75) is 14.4 Å². The van der Waals surface area contributed by atoms with Gasteiger partial charge >= 0.3 is 0 Å². The minimum atomic E-state index is -0.193. The summed E-state index contributed by atoms with van der Waals surface area (Å²) in [4.78, 5) is 12.4. The Morgan fingerprint density at radius 3 is 2.23 bits per heavy atom. The molecule has 0 unspecified atom stereocenters. The number of hydrazone groups is 1. The van der Waals surface area contributed by atoms with Crippen LogP contribution in [0.2, 0.25) is 5.02 Å². The van der Waals surface area contributed by atoms with Gasteiger partial charge in [-0.05, 0) is 45.3 Å². The van der Waals surface area contributed by atoms with Crippen LogP contribution in [0.15, 0.2) is 92.6 Å². The highest BCUT2D eigenvalue weighted by Gasteiger charge is 2.09. The zero-order valence-corrected chi connectivity index (χ0v) is 21.6. The second kappa shape index (κ2) is 11.2. The van der Waals surface area contributed by atoms with Gasteiger partial charge in [-0.2, -0.15) is 5.10 Å². The lowest BCUT2D eigenvalue weighted by Gasteiger charge is -2.07. The minimum absolute atomic E-state index is 0.193. The van der Waals surface area contributed by atoms with Crippen molar-refractivity contribution < 1.29 is 4.79 Å². The molecule has 0 aliphatic carbocycles. The van der Waals surface area contributed by atoms with Crippen molar-refractivity contribution in [3.63, 3.8) is 0 Å². The van der Waals surface area contributed by atoms with Crippen LogP contribution in [0.4, 0.5) is 0 Å². The van der Waals surface area contributed by atoms with Gasteiger partial charge in [-0.1, -0.05) is 107 Å². The number of carbonyl (C=O) groups is 1. The van der Waals surface area contributed by atoms with Crippen LogP contribution in [0.1, 0.15) is 11.1 Å². The largest absolute Gasteiger partial charge is 0.272 e. The molecule has 0 atom stereocenters. The SMILES string of the molecule is O=C(CSc1nnc(SCc2ccc(Cl)cc2)s1)N/N=C\c1c2ccccc2cc2ccccc12. The average molecular weight is 535 g/mol. The van der Waals surface area contributed by atoms with Gasteiger partial charge in [0.2, 0.25) is 0 Å². The van der Waals surface area contributed by atoms with Crippen LogP contribution in [0, 0.1) is 0 Å². The number of aromatic nitrogens is 2. The van der Waals surface area contributed by atoms with Crippen molar-refractivity contribution in [3.05, 3.63) is 95.0 Å². The molecule has 0 fully saturated rings. The normalized spacial score (nSPS) is 11.5. The molecule has 0 radical (unpaired) electrons. The van der Waals surface area contributed by atoms with Gasteiger partial charge in [-0.25, -0.2) is 5.43 Å². The molecule has 0 spiro atoms. The summed E-state index contributed by atoms with van der Waals surface area (Å²) in [5, 5.41) is 17.8. The predicted octanol–water partition coefficient (Wildman–Crippen LogP) is 7.03. The third-order valence-electron chi connectivity index (χ3n) is 5.19. The van der Waals surface area contributed by atoms with Crippen LogP contribution in [-0.4, -0.2) is 28.1 Å². The van der Waals surface area contributed by atoms with Crippen LogP contribution < -0.4 is 5.43 Å². The monoisotopic (exact) mass is 534 g/mol. The Morgan fingerprint density at radius 1 is 0.914 bits per heavy atom. The third-order valence-corrected chi connectivity index (χ3v) is 8.70. The second-order valence-electron chi connectivity index (χ2n) is 7.56. The fourth-order valence-electron chi connectivity index (χ4n) is 3.56. The van der Waals surface area contributed by atoms with E-state index in [9.17, 15) is 4.79 Å². The predicted molar refractivity (Wildman–Crippen MR) is 149 cm³/mol. The third kappa shape index (κ3) is 6.02. The van der Waals surface area contributed by atoms with Crippen LogP contribution >= 0.6 is 46.5 Å². The molecule has 5 nitrogen and oxygen atoms in total. The molecule has 174 valence electrons. The van der Waals surface area contributed by atoms with E-state index in [1.54, 1.807) is 18.0 Å². The standard InChI is InChI=1S/C26H19ClN4OS3/c27-20-11-9-17(10-12-20)15-33-25-30-31-26(35-25)34-16-24(32)29-28-14-23-21-7-3-1-5-18(21)13-19-6-2-4-8-22(19)23/h1-14H,15-16H2,(H,29,32)/b28-14-. The molecule has 4 aromatic carbocycles. The number of halogens is 1. The Balaban J connectivity index is 1.18. The number of hydrogen-bond acceptors (Lipinski definition) is 7. The highest BCUT2D eigenvalue weighted by molar-refractivity contribution is 8.03. The van der Waals surface area contributed by atoms with Crippen molar-refractivity contribution in [2.75, 3.05) is 5.75 Å². The number of fused-ring (bicyclic) bond motifs is 2. The molecule has 1 heterocycles. The maximum atomic E-state index is 12.4. The lowest BCUT2D eigenvalue weighted by Crippen LogP contribution is -2.19. The first-order valence-corrected chi connectivity index (χ1v) is 13.9. The molecular weight excluding hydrogens is 516 g/mol. The number of hydrogen-bond donors (Lipinski definition) is 1. The molecule has 0 aliphatic rings. The number of nitrogens with zero attached hydrogens (tertiary/aromatic N) is 3. The van der Waals surface area contributed by atoms with Gasteiger partial charge in [0.05, 0.1) is 12.0 Å². The van der Waals surface area contributed by atoms with Gasteiger partial charge in [0, 0.05) is 16.3 Å². The van der Waals surface area contributed by atoms with E-state index in [0.717, 1.165) is 46.6 Å². The van der Waals surface area contributed by atoms with Gasteiger partial charge in [0.25, 0.3) is 5.91 Å². The summed E-state index contributed by atoms with van der Waals surface area (Å²) in [5.74, 6) is 0.805. The number of amides is 1. The number of rotatable bonds is 8.